The minimum Gasteiger partial charge on any atom is -0.871 e. The number of carbonyl (C=O) groups is 2. The molecule has 2 aromatic rings. The maximum Gasteiger partial charge on any atom is 1.00 e. The summed E-state index contributed by atoms with van der Waals surface area (Å²) in [4.78, 5) is 25.2. The number of amides is 1. The van der Waals surface area contributed by atoms with Crippen LogP contribution in [0.25, 0.3) is 5.76 Å². The number of anilines is 1. The predicted molar refractivity (Wildman–Crippen MR) is 141 cm³/mol. The zero-order valence-corrected chi connectivity index (χ0v) is 25.3. The van der Waals surface area contributed by atoms with Gasteiger partial charge in [0.1, 0.15) is 10.7 Å². The third-order valence-electron chi connectivity index (χ3n) is 7.23. The summed E-state index contributed by atoms with van der Waals surface area (Å²) in [5.41, 5.74) is 5.01. The number of nitrogens with zero attached hydrogens (tertiary/aromatic N) is 1. The molecule has 0 radical (unpaired) electrons. The molecular formula is C28H31FN3NaO5S. The van der Waals surface area contributed by atoms with Gasteiger partial charge in [-0.15, -0.1) is 4.40 Å². The van der Waals surface area contributed by atoms with Crippen LogP contribution in [0.1, 0.15) is 75.5 Å². The van der Waals surface area contributed by atoms with E-state index < -0.39 is 38.7 Å². The van der Waals surface area contributed by atoms with E-state index in [1.807, 2.05) is 13.8 Å². The van der Waals surface area contributed by atoms with Crippen LogP contribution in [0.3, 0.4) is 0 Å². The number of unbranched alkanes of at least 4 members (excludes halogenated alkanes) is 2. The van der Waals surface area contributed by atoms with Crippen molar-refractivity contribution in [1.29, 1.82) is 0 Å². The molecule has 8 nitrogen and oxygen atoms in total. The molecule has 1 aliphatic heterocycles. The van der Waals surface area contributed by atoms with Crippen LogP contribution in [-0.4, -0.2) is 25.9 Å². The molecule has 0 fully saturated rings. The van der Waals surface area contributed by atoms with Gasteiger partial charge in [-0.05, 0) is 60.2 Å². The molecule has 2 aliphatic rings. The van der Waals surface area contributed by atoms with E-state index in [1.165, 1.54) is 24.3 Å². The third-order valence-corrected chi connectivity index (χ3v) is 8.55. The fourth-order valence-electron chi connectivity index (χ4n) is 5.25. The fourth-order valence-corrected chi connectivity index (χ4v) is 6.42. The number of ketones is 1. The molecule has 1 amide bonds. The molecule has 39 heavy (non-hydrogen) atoms. The van der Waals surface area contributed by atoms with E-state index in [-0.39, 0.29) is 70.0 Å². The van der Waals surface area contributed by atoms with Gasteiger partial charge in [-0.3, -0.25) is 9.59 Å². The van der Waals surface area contributed by atoms with Crippen molar-refractivity contribution in [2.75, 3.05) is 5.32 Å². The first-order valence-electron chi connectivity index (χ1n) is 12.8. The van der Waals surface area contributed by atoms with Gasteiger partial charge in [-0.2, -0.15) is 8.42 Å². The molecule has 3 N–H and O–H groups in total. The van der Waals surface area contributed by atoms with Crippen LogP contribution in [0.15, 0.2) is 51.3 Å². The van der Waals surface area contributed by atoms with Gasteiger partial charge in [0, 0.05) is 6.42 Å². The molecule has 0 atom stereocenters. The summed E-state index contributed by atoms with van der Waals surface area (Å²) in [5.74, 6) is -2.74. The third kappa shape index (κ3) is 5.99. The molecule has 11 heteroatoms. The standard InChI is InChI=1S/C28H32FN3O5S.Na/c1-3-5-13-28(14-6-4-2)20-10-9-18(29)16-19(20)25(34)24(26(28)35)27-31-21-11-7-17(8-12-23(30)33)15-22(21)38(36,37)32-27;/h7,9-11,15-16,34H,3-6,8,12-14H2,1-2H3,(H2,30,33)(H,31,32);/q;+1/p-1. The Morgan fingerprint density at radius 2 is 1.77 bits per heavy atom. The number of benzene rings is 2. The number of Topliss-reactive ketones (excluding diaryl/α,β-unsaturated/α-hetero) is 1. The van der Waals surface area contributed by atoms with Crippen molar-refractivity contribution in [2.24, 2.45) is 10.1 Å². The van der Waals surface area contributed by atoms with Crippen molar-refractivity contribution in [3.05, 3.63) is 64.5 Å². The number of hydrogen-bond acceptors (Lipinski definition) is 6. The summed E-state index contributed by atoms with van der Waals surface area (Å²) in [7, 11) is -4.30. The number of sulfonamides is 1. The Labute approximate surface area is 250 Å². The first-order chi connectivity index (χ1) is 18.0. The number of amidine groups is 1. The van der Waals surface area contributed by atoms with Crippen molar-refractivity contribution in [2.45, 2.75) is 75.5 Å². The van der Waals surface area contributed by atoms with Crippen molar-refractivity contribution in [3.8, 4) is 0 Å². The molecule has 0 aromatic heterocycles. The zero-order chi connectivity index (χ0) is 27.7. The van der Waals surface area contributed by atoms with Crippen LogP contribution in [-0.2, 0) is 31.4 Å². The quantitative estimate of drug-likeness (QED) is 0.409. The van der Waals surface area contributed by atoms with Crippen LogP contribution < -0.4 is 45.7 Å². The number of halogens is 1. The van der Waals surface area contributed by atoms with Crippen molar-refractivity contribution >= 4 is 39.0 Å². The number of aryl methyl sites for hydroxylation is 1. The van der Waals surface area contributed by atoms with Gasteiger partial charge in [0.2, 0.25) is 5.91 Å². The van der Waals surface area contributed by atoms with E-state index >= 15 is 0 Å². The molecule has 2 aromatic carbocycles. The van der Waals surface area contributed by atoms with Gasteiger partial charge in [-0.1, -0.05) is 57.4 Å². The number of hydrogen-bond donors (Lipinski definition) is 2. The van der Waals surface area contributed by atoms with Gasteiger partial charge in [0.05, 0.1) is 16.7 Å². The number of carbonyl (C=O) groups excluding carboxylic acids is 2. The number of nitrogens with two attached hydrogens (primary N) is 1. The Bertz CT molecular complexity index is 1460. The second-order valence-electron chi connectivity index (χ2n) is 9.85. The van der Waals surface area contributed by atoms with Crippen LogP contribution in [0.5, 0.6) is 0 Å². The molecule has 0 unspecified atom stereocenters. The van der Waals surface area contributed by atoms with Crippen molar-refractivity contribution in [1.82, 2.24) is 0 Å². The summed E-state index contributed by atoms with van der Waals surface area (Å²) in [6.45, 7) is 3.99. The minimum atomic E-state index is -4.30. The van der Waals surface area contributed by atoms with Gasteiger partial charge < -0.3 is 16.2 Å². The number of fused-ring (bicyclic) bond motifs is 2. The topological polar surface area (TPSA) is 142 Å². The molecule has 1 heterocycles. The van der Waals surface area contributed by atoms with Gasteiger partial charge >= 0.3 is 29.6 Å². The molecule has 0 saturated heterocycles. The summed E-state index contributed by atoms with van der Waals surface area (Å²) >= 11 is 0. The van der Waals surface area contributed by atoms with E-state index in [4.69, 9.17) is 5.73 Å². The van der Waals surface area contributed by atoms with E-state index in [0.29, 0.717) is 36.8 Å². The van der Waals surface area contributed by atoms with Gasteiger partial charge in [-0.25, -0.2) is 4.39 Å². The first kappa shape index (κ1) is 31.0. The molecular weight excluding hydrogens is 532 g/mol. The summed E-state index contributed by atoms with van der Waals surface area (Å²) in [6, 6.07) is 8.43. The number of nitrogens with one attached hydrogen (secondary N) is 1. The molecule has 0 spiro atoms. The van der Waals surface area contributed by atoms with Crippen molar-refractivity contribution in [3.63, 3.8) is 0 Å². The molecule has 202 valence electrons. The number of primary amides is 1. The average molecular weight is 564 g/mol. The van der Waals surface area contributed by atoms with Crippen LogP contribution in [0, 0.1) is 5.82 Å². The van der Waals surface area contributed by atoms with Gasteiger partial charge in [0.25, 0.3) is 10.0 Å². The predicted octanol–water partition coefficient (Wildman–Crippen LogP) is 0.733. The monoisotopic (exact) mass is 563 g/mol. The van der Waals surface area contributed by atoms with E-state index in [1.54, 1.807) is 6.07 Å². The molecule has 4 rings (SSSR count). The zero-order valence-electron chi connectivity index (χ0n) is 22.5. The minimum absolute atomic E-state index is 0. The second-order valence-corrected chi connectivity index (χ2v) is 11.4. The summed E-state index contributed by atoms with van der Waals surface area (Å²) < 4.78 is 44.6. The van der Waals surface area contributed by atoms with Crippen molar-refractivity contribution < 1.29 is 57.1 Å². The Morgan fingerprint density at radius 1 is 1.10 bits per heavy atom. The maximum absolute atomic E-state index is 14.3. The van der Waals surface area contributed by atoms with E-state index in [2.05, 4.69) is 9.71 Å². The number of rotatable bonds is 10. The summed E-state index contributed by atoms with van der Waals surface area (Å²) in [5, 5.41) is 16.5. The SMILES string of the molecule is CCCCC1(CCCC)C(=O)C(C2=NS(=O)(=O)c3cc(CCC(N)=O)ccc3N2)=C([O-])c2cc(F)ccc21.[Na+]. The maximum atomic E-state index is 14.3. The van der Waals surface area contributed by atoms with E-state index in [0.717, 1.165) is 18.9 Å². The Kier molecular flexibility index (Phi) is 9.80. The van der Waals surface area contributed by atoms with Crippen LogP contribution >= 0.6 is 0 Å². The normalized spacial score (nSPS) is 16.9. The Hall–Kier alpha value is -2.53. The largest absolute Gasteiger partial charge is 1.00 e. The smallest absolute Gasteiger partial charge is 0.871 e. The van der Waals surface area contributed by atoms with Crippen LogP contribution in [0.2, 0.25) is 0 Å². The Balaban J connectivity index is 0.00000420. The second kappa shape index (κ2) is 12.3. The molecule has 0 saturated carbocycles. The van der Waals surface area contributed by atoms with Crippen LogP contribution in [0.4, 0.5) is 10.1 Å². The fraction of sp³-hybridized carbons (Fsp3) is 0.393. The molecule has 1 aliphatic carbocycles. The van der Waals surface area contributed by atoms with E-state index in [9.17, 15) is 27.5 Å². The average Bonchev–Trinajstić information content (AvgIpc) is 2.87. The Morgan fingerprint density at radius 3 is 2.38 bits per heavy atom. The summed E-state index contributed by atoms with van der Waals surface area (Å²) in [6.07, 6.45) is 4.19. The van der Waals surface area contributed by atoms with Gasteiger partial charge in [0.15, 0.2) is 11.6 Å². The molecule has 0 bridgehead atoms. The first-order valence-corrected chi connectivity index (χ1v) is 14.3.